The molecule has 1 aromatic carbocycles. The molecule has 0 atom stereocenters. The van der Waals surface area contributed by atoms with Crippen molar-refractivity contribution in [2.24, 2.45) is 0 Å². The van der Waals surface area contributed by atoms with Crippen molar-refractivity contribution < 1.29 is 9.15 Å². The van der Waals surface area contributed by atoms with Crippen molar-refractivity contribution in [3.8, 4) is 17.2 Å². The fraction of sp³-hybridized carbons (Fsp3) is 0.100. The van der Waals surface area contributed by atoms with Gasteiger partial charge in [0.15, 0.2) is 0 Å². The smallest absolute Gasteiger partial charge is 0.229 e. The molecule has 1 aromatic heterocycles. The Labute approximate surface area is 81.3 Å². The van der Waals surface area contributed by atoms with Gasteiger partial charge in [0.05, 0.1) is 18.9 Å². The highest BCUT2D eigenvalue weighted by atomic mass is 16.5. The van der Waals surface area contributed by atoms with Crippen LogP contribution in [0.25, 0.3) is 11.5 Å². The predicted molar refractivity (Wildman–Crippen MR) is 52.9 cm³/mol. The highest BCUT2D eigenvalue weighted by Gasteiger charge is 2.09. The van der Waals surface area contributed by atoms with Gasteiger partial charge >= 0.3 is 0 Å². The van der Waals surface area contributed by atoms with E-state index >= 15 is 0 Å². The monoisotopic (exact) mass is 190 g/mol. The van der Waals surface area contributed by atoms with Crippen molar-refractivity contribution in [1.82, 2.24) is 4.98 Å². The maximum absolute atomic E-state index is 5.63. The molecule has 2 N–H and O–H groups in total. The number of hydrogen-bond acceptors (Lipinski definition) is 4. The molecule has 72 valence electrons. The number of rotatable bonds is 2. The number of ether oxygens (including phenoxy) is 1. The number of aromatic nitrogens is 1. The molecular weight excluding hydrogens is 180 g/mol. The van der Waals surface area contributed by atoms with Gasteiger partial charge in [0, 0.05) is 11.8 Å². The summed E-state index contributed by atoms with van der Waals surface area (Å²) in [5.74, 6) is 1.19. The van der Waals surface area contributed by atoms with Crippen molar-refractivity contribution in [3.63, 3.8) is 0 Å². The third-order valence-electron chi connectivity index (χ3n) is 1.89. The highest BCUT2D eigenvalue weighted by molar-refractivity contribution is 5.66. The molecule has 1 heterocycles. The van der Waals surface area contributed by atoms with Crippen LogP contribution in [0.2, 0.25) is 0 Å². The first kappa shape index (κ1) is 8.62. The standard InChI is InChI=1S/C10H10N2O2/c1-13-9-6-7(11)2-3-8(9)10-12-4-5-14-10/h2-6H,11H2,1H3. The fourth-order valence-corrected chi connectivity index (χ4v) is 1.24. The predicted octanol–water partition coefficient (Wildman–Crippen LogP) is 1.93. The molecule has 2 aromatic rings. The average Bonchev–Trinajstić information content (AvgIpc) is 2.70. The van der Waals surface area contributed by atoms with Crippen molar-refractivity contribution in [3.05, 3.63) is 30.7 Å². The summed E-state index contributed by atoms with van der Waals surface area (Å²) < 4.78 is 10.3. The Bertz CT molecular complexity index is 424. The van der Waals surface area contributed by atoms with Gasteiger partial charge in [0.2, 0.25) is 5.89 Å². The van der Waals surface area contributed by atoms with E-state index < -0.39 is 0 Å². The van der Waals surface area contributed by atoms with Gasteiger partial charge in [-0.1, -0.05) is 0 Å². The lowest BCUT2D eigenvalue weighted by atomic mass is 10.2. The molecule has 2 rings (SSSR count). The van der Waals surface area contributed by atoms with E-state index in [0.29, 0.717) is 17.3 Å². The highest BCUT2D eigenvalue weighted by Crippen LogP contribution is 2.30. The Kier molecular flexibility index (Phi) is 2.10. The summed E-state index contributed by atoms with van der Waals surface area (Å²) in [4.78, 5) is 4.04. The second kappa shape index (κ2) is 3.41. The molecule has 4 nitrogen and oxygen atoms in total. The molecule has 0 fully saturated rings. The maximum atomic E-state index is 5.63. The van der Waals surface area contributed by atoms with Crippen molar-refractivity contribution in [2.75, 3.05) is 12.8 Å². The van der Waals surface area contributed by atoms with Gasteiger partial charge in [-0.25, -0.2) is 4.98 Å². The molecule has 0 amide bonds. The summed E-state index contributed by atoms with van der Waals surface area (Å²) in [5, 5.41) is 0. The number of methoxy groups -OCH3 is 1. The first-order valence-corrected chi connectivity index (χ1v) is 4.14. The van der Waals surface area contributed by atoms with Crippen LogP contribution in [-0.2, 0) is 0 Å². The van der Waals surface area contributed by atoms with Gasteiger partial charge < -0.3 is 14.9 Å². The van der Waals surface area contributed by atoms with E-state index in [1.54, 1.807) is 25.4 Å². The number of benzene rings is 1. The van der Waals surface area contributed by atoms with E-state index in [0.717, 1.165) is 5.56 Å². The minimum Gasteiger partial charge on any atom is -0.496 e. The molecule has 0 aliphatic heterocycles. The summed E-state index contributed by atoms with van der Waals surface area (Å²) in [6, 6.07) is 5.33. The van der Waals surface area contributed by atoms with E-state index in [1.165, 1.54) is 6.26 Å². The van der Waals surface area contributed by atoms with Crippen molar-refractivity contribution in [1.29, 1.82) is 0 Å². The van der Waals surface area contributed by atoms with Gasteiger partial charge in [-0.05, 0) is 12.1 Å². The minimum absolute atomic E-state index is 0.529. The van der Waals surface area contributed by atoms with E-state index in [9.17, 15) is 0 Å². The van der Waals surface area contributed by atoms with Crippen LogP contribution >= 0.6 is 0 Å². The molecule has 14 heavy (non-hydrogen) atoms. The largest absolute Gasteiger partial charge is 0.496 e. The van der Waals surface area contributed by atoms with E-state index in [4.69, 9.17) is 14.9 Å². The summed E-state index contributed by atoms with van der Waals surface area (Å²) in [5.41, 5.74) is 7.07. The first-order chi connectivity index (χ1) is 6.81. The molecule has 0 spiro atoms. The second-order valence-electron chi connectivity index (χ2n) is 2.80. The van der Waals surface area contributed by atoms with Crippen molar-refractivity contribution in [2.45, 2.75) is 0 Å². The Hall–Kier alpha value is -1.97. The topological polar surface area (TPSA) is 61.3 Å². The third-order valence-corrected chi connectivity index (χ3v) is 1.89. The lowest BCUT2D eigenvalue weighted by Crippen LogP contribution is -1.91. The molecule has 0 aliphatic rings. The van der Waals surface area contributed by atoms with Gasteiger partial charge in [0.25, 0.3) is 0 Å². The SMILES string of the molecule is COc1cc(N)ccc1-c1ncco1. The number of anilines is 1. The average molecular weight is 190 g/mol. The summed E-state index contributed by atoms with van der Waals surface area (Å²) in [6.07, 6.45) is 3.11. The minimum atomic E-state index is 0.529. The van der Waals surface area contributed by atoms with E-state index in [1.807, 2.05) is 6.07 Å². The Morgan fingerprint density at radius 2 is 2.29 bits per heavy atom. The van der Waals surface area contributed by atoms with Gasteiger partial charge in [-0.15, -0.1) is 0 Å². The van der Waals surface area contributed by atoms with Crippen LogP contribution < -0.4 is 10.5 Å². The molecule has 0 aliphatic carbocycles. The summed E-state index contributed by atoms with van der Waals surface area (Å²) >= 11 is 0. The van der Waals surface area contributed by atoms with Crippen LogP contribution in [0.3, 0.4) is 0 Å². The lowest BCUT2D eigenvalue weighted by Gasteiger charge is -2.05. The Morgan fingerprint density at radius 3 is 2.93 bits per heavy atom. The van der Waals surface area contributed by atoms with Crippen LogP contribution in [0.1, 0.15) is 0 Å². The maximum Gasteiger partial charge on any atom is 0.229 e. The second-order valence-corrected chi connectivity index (χ2v) is 2.80. The number of hydrogen-bond donors (Lipinski definition) is 1. The molecule has 0 bridgehead atoms. The number of oxazole rings is 1. The zero-order valence-electron chi connectivity index (χ0n) is 7.73. The van der Waals surface area contributed by atoms with Gasteiger partial charge in [0.1, 0.15) is 12.0 Å². The van der Waals surface area contributed by atoms with Crippen LogP contribution in [0, 0.1) is 0 Å². The molecule has 0 saturated heterocycles. The van der Waals surface area contributed by atoms with Gasteiger partial charge in [-0.2, -0.15) is 0 Å². The first-order valence-electron chi connectivity index (χ1n) is 4.14. The molecule has 4 heteroatoms. The van der Waals surface area contributed by atoms with E-state index in [2.05, 4.69) is 4.98 Å². The summed E-state index contributed by atoms with van der Waals surface area (Å²) in [6.45, 7) is 0. The Morgan fingerprint density at radius 1 is 1.43 bits per heavy atom. The fourth-order valence-electron chi connectivity index (χ4n) is 1.24. The number of nitrogen functional groups attached to an aromatic ring is 1. The quantitative estimate of drug-likeness (QED) is 0.735. The zero-order chi connectivity index (χ0) is 9.97. The third kappa shape index (κ3) is 1.42. The summed E-state index contributed by atoms with van der Waals surface area (Å²) in [7, 11) is 1.58. The number of nitrogens with two attached hydrogens (primary N) is 1. The molecule has 0 radical (unpaired) electrons. The normalized spacial score (nSPS) is 10.1. The Balaban J connectivity index is 2.53. The van der Waals surface area contributed by atoms with Crippen molar-refractivity contribution >= 4 is 5.69 Å². The van der Waals surface area contributed by atoms with Crippen LogP contribution in [0.4, 0.5) is 5.69 Å². The zero-order valence-corrected chi connectivity index (χ0v) is 7.73. The molecule has 0 saturated carbocycles. The van der Waals surface area contributed by atoms with Crippen LogP contribution in [0.15, 0.2) is 35.1 Å². The van der Waals surface area contributed by atoms with Gasteiger partial charge in [-0.3, -0.25) is 0 Å². The van der Waals surface area contributed by atoms with Crippen LogP contribution in [-0.4, -0.2) is 12.1 Å². The number of nitrogens with zero attached hydrogens (tertiary/aromatic N) is 1. The molecular formula is C10H10N2O2. The van der Waals surface area contributed by atoms with E-state index in [-0.39, 0.29) is 0 Å². The van der Waals surface area contributed by atoms with Crippen LogP contribution in [0.5, 0.6) is 5.75 Å². The molecule has 0 unspecified atom stereocenters. The lowest BCUT2D eigenvalue weighted by molar-refractivity contribution is 0.414.